The van der Waals surface area contributed by atoms with Crippen molar-refractivity contribution in [2.45, 2.75) is 57.7 Å². The lowest BCUT2D eigenvalue weighted by molar-refractivity contribution is 0.665. The Hall–Kier alpha value is -1.76. The van der Waals surface area contributed by atoms with E-state index in [-0.39, 0.29) is 0 Å². The smallest absolute Gasteiger partial charge is 0.0716 e. The predicted octanol–water partition coefficient (Wildman–Crippen LogP) is 6.38. The molecule has 24 heavy (non-hydrogen) atoms. The van der Waals surface area contributed by atoms with Crippen LogP contribution >= 0.6 is 0 Å². The van der Waals surface area contributed by atoms with Crippen LogP contribution in [-0.2, 0) is 6.32 Å². The van der Waals surface area contributed by atoms with Crippen molar-refractivity contribution in [1.82, 2.24) is 0 Å². The topological polar surface area (TPSA) is 0 Å². The first-order valence-corrected chi connectivity index (χ1v) is 9.23. The first kappa shape index (κ1) is 18.6. The molecule has 0 fully saturated rings. The Morgan fingerprint density at radius 1 is 0.917 bits per heavy atom. The number of allylic oxidation sites excluding steroid dienone is 2. The highest BCUT2D eigenvalue weighted by Gasteiger charge is 2.07. The van der Waals surface area contributed by atoms with E-state index in [0.717, 1.165) is 12.8 Å². The van der Waals surface area contributed by atoms with Crippen molar-refractivity contribution in [1.29, 1.82) is 0 Å². The van der Waals surface area contributed by atoms with E-state index < -0.39 is 0 Å². The van der Waals surface area contributed by atoms with Crippen LogP contribution in [0, 0.1) is 0 Å². The zero-order valence-corrected chi connectivity index (χ0v) is 15.1. The fourth-order valence-corrected chi connectivity index (χ4v) is 3.14. The lowest BCUT2D eigenvalue weighted by atomic mass is 9.91. The van der Waals surface area contributed by atoms with Crippen LogP contribution in [0.15, 0.2) is 66.7 Å². The van der Waals surface area contributed by atoms with E-state index in [1.807, 2.05) is 0 Å². The summed E-state index contributed by atoms with van der Waals surface area (Å²) in [6.45, 7) is 4.59. The van der Waals surface area contributed by atoms with Gasteiger partial charge in [0.15, 0.2) is 0 Å². The molecule has 0 spiro atoms. The Kier molecular flexibility index (Phi) is 7.88. The van der Waals surface area contributed by atoms with E-state index in [4.69, 9.17) is 7.85 Å². The molecular weight excluding hydrogens is 287 g/mol. The van der Waals surface area contributed by atoms with Crippen LogP contribution in [-0.4, -0.2) is 7.85 Å². The first-order valence-electron chi connectivity index (χ1n) is 9.23. The van der Waals surface area contributed by atoms with Gasteiger partial charge in [-0.25, -0.2) is 0 Å². The average molecular weight is 316 g/mol. The minimum absolute atomic E-state index is 0.595. The molecule has 2 aromatic rings. The number of rotatable bonds is 9. The summed E-state index contributed by atoms with van der Waals surface area (Å²) in [7, 11) is 5.66. The molecule has 0 nitrogen and oxygen atoms in total. The molecule has 2 aromatic carbocycles. The largest absolute Gasteiger partial charge is 0.0885 e. The van der Waals surface area contributed by atoms with Crippen LogP contribution in [0.25, 0.3) is 0 Å². The average Bonchev–Trinajstić information content (AvgIpc) is 2.65. The molecule has 0 heterocycles. The van der Waals surface area contributed by atoms with Crippen molar-refractivity contribution in [3.8, 4) is 0 Å². The Morgan fingerprint density at radius 2 is 1.62 bits per heavy atom. The summed E-state index contributed by atoms with van der Waals surface area (Å²) in [5, 5.41) is 0. The third-order valence-electron chi connectivity index (χ3n) is 4.90. The molecule has 2 radical (unpaired) electrons. The molecule has 0 saturated carbocycles. The molecule has 124 valence electrons. The van der Waals surface area contributed by atoms with Crippen molar-refractivity contribution < 1.29 is 0 Å². The second-order valence-electron chi connectivity index (χ2n) is 6.65. The lowest BCUT2D eigenvalue weighted by Gasteiger charge is -2.13. The second-order valence-corrected chi connectivity index (χ2v) is 6.65. The molecule has 0 aliphatic rings. The third kappa shape index (κ3) is 5.71. The Bertz CT molecular complexity index is 598. The molecule has 0 aromatic heterocycles. The van der Waals surface area contributed by atoms with Gasteiger partial charge in [-0.15, -0.1) is 0 Å². The van der Waals surface area contributed by atoms with Gasteiger partial charge in [0.1, 0.15) is 0 Å². The molecule has 1 heteroatoms. The van der Waals surface area contributed by atoms with E-state index in [2.05, 4.69) is 80.6 Å². The van der Waals surface area contributed by atoms with Crippen LogP contribution in [0.1, 0.15) is 68.1 Å². The van der Waals surface area contributed by atoms with Gasteiger partial charge in [0.25, 0.3) is 0 Å². The van der Waals surface area contributed by atoms with Crippen LogP contribution in [0.5, 0.6) is 0 Å². The second kappa shape index (κ2) is 10.2. The molecule has 0 amide bonds. The van der Waals surface area contributed by atoms with Gasteiger partial charge in [-0.2, -0.15) is 0 Å². The van der Waals surface area contributed by atoms with E-state index >= 15 is 0 Å². The van der Waals surface area contributed by atoms with Gasteiger partial charge in [0.2, 0.25) is 0 Å². The number of hydrogen-bond donors (Lipinski definition) is 0. The SMILES string of the molecule is [B]Cc1ccc(C(C)CC/C=C/CC(CC)c2ccccc2)cc1. The summed E-state index contributed by atoms with van der Waals surface area (Å²) < 4.78 is 0. The zero-order valence-electron chi connectivity index (χ0n) is 15.1. The summed E-state index contributed by atoms with van der Waals surface area (Å²) >= 11 is 0. The standard InChI is InChI=1S/C23H29B/c1-3-21(23-12-8-5-9-13-23)11-7-4-6-10-19(2)22-16-14-20(18-24)15-17-22/h4-5,7-9,12-17,19,21H,3,6,10-11,18H2,1-2H3/b7-4+. The normalized spacial score (nSPS) is 13.9. The Labute approximate surface area is 149 Å². The van der Waals surface area contributed by atoms with Crippen molar-refractivity contribution in [2.75, 3.05) is 0 Å². The van der Waals surface area contributed by atoms with E-state index in [9.17, 15) is 0 Å². The highest BCUT2D eigenvalue weighted by molar-refractivity contribution is 6.08. The molecule has 0 bridgehead atoms. The van der Waals surface area contributed by atoms with Gasteiger partial charge in [-0.1, -0.05) is 92.5 Å². The Morgan fingerprint density at radius 3 is 2.25 bits per heavy atom. The molecule has 2 unspecified atom stereocenters. The molecule has 0 aliphatic heterocycles. The number of hydrogen-bond acceptors (Lipinski definition) is 0. The van der Waals surface area contributed by atoms with Gasteiger partial charge in [0.05, 0.1) is 7.85 Å². The van der Waals surface area contributed by atoms with E-state index in [1.165, 1.54) is 29.5 Å². The van der Waals surface area contributed by atoms with Gasteiger partial charge < -0.3 is 0 Å². The minimum Gasteiger partial charge on any atom is -0.0885 e. The monoisotopic (exact) mass is 316 g/mol. The molecule has 0 saturated heterocycles. The van der Waals surface area contributed by atoms with Crippen LogP contribution in [0.2, 0.25) is 0 Å². The fourth-order valence-electron chi connectivity index (χ4n) is 3.14. The Balaban J connectivity index is 1.77. The highest BCUT2D eigenvalue weighted by Crippen LogP contribution is 2.24. The summed E-state index contributed by atoms with van der Waals surface area (Å²) in [4.78, 5) is 0. The summed E-state index contributed by atoms with van der Waals surface area (Å²) in [6, 6.07) is 19.6. The van der Waals surface area contributed by atoms with Gasteiger partial charge in [-0.3, -0.25) is 0 Å². The maximum Gasteiger partial charge on any atom is 0.0716 e. The van der Waals surface area contributed by atoms with Gasteiger partial charge >= 0.3 is 0 Å². The summed E-state index contributed by atoms with van der Waals surface area (Å²) in [5.41, 5.74) is 4.08. The molecule has 2 rings (SSSR count). The zero-order chi connectivity index (χ0) is 17.2. The molecular formula is C23H29B. The number of benzene rings is 2. The fraction of sp³-hybridized carbons (Fsp3) is 0.391. The van der Waals surface area contributed by atoms with Crippen molar-refractivity contribution >= 4 is 7.85 Å². The van der Waals surface area contributed by atoms with Crippen LogP contribution in [0.4, 0.5) is 0 Å². The van der Waals surface area contributed by atoms with E-state index in [0.29, 0.717) is 18.2 Å². The quantitative estimate of drug-likeness (QED) is 0.372. The molecule has 0 N–H and O–H groups in total. The van der Waals surface area contributed by atoms with E-state index in [1.54, 1.807) is 0 Å². The first-order chi connectivity index (χ1) is 11.7. The van der Waals surface area contributed by atoms with Crippen LogP contribution < -0.4 is 0 Å². The van der Waals surface area contributed by atoms with Crippen molar-refractivity contribution in [3.63, 3.8) is 0 Å². The minimum atomic E-state index is 0.595. The summed E-state index contributed by atoms with van der Waals surface area (Å²) in [5.74, 6) is 1.24. The highest BCUT2D eigenvalue weighted by atomic mass is 14.1. The van der Waals surface area contributed by atoms with Crippen molar-refractivity contribution in [2.24, 2.45) is 0 Å². The van der Waals surface area contributed by atoms with Gasteiger partial charge in [-0.05, 0) is 48.6 Å². The molecule has 2 atom stereocenters. The van der Waals surface area contributed by atoms with Gasteiger partial charge in [0, 0.05) is 0 Å². The lowest BCUT2D eigenvalue weighted by Crippen LogP contribution is -1.95. The van der Waals surface area contributed by atoms with Crippen molar-refractivity contribution in [3.05, 3.63) is 83.4 Å². The maximum absolute atomic E-state index is 5.66. The molecule has 0 aliphatic carbocycles. The summed E-state index contributed by atoms with van der Waals surface area (Å²) in [6.07, 6.45) is 10.0. The predicted molar refractivity (Wildman–Crippen MR) is 107 cm³/mol. The van der Waals surface area contributed by atoms with Crippen LogP contribution in [0.3, 0.4) is 0 Å². The maximum atomic E-state index is 5.66. The third-order valence-corrected chi connectivity index (χ3v) is 4.90.